The molecule has 8 heteroatoms. The second-order valence-electron chi connectivity index (χ2n) is 4.78. The van der Waals surface area contributed by atoms with Gasteiger partial charge in [-0.3, -0.25) is 4.79 Å². The lowest BCUT2D eigenvalue weighted by atomic mass is 10.3. The smallest absolute Gasteiger partial charge is 0.303 e. The van der Waals surface area contributed by atoms with Crippen molar-refractivity contribution in [2.75, 3.05) is 0 Å². The Labute approximate surface area is 133 Å². The third-order valence-corrected chi connectivity index (χ3v) is 13.7. The fourth-order valence-electron chi connectivity index (χ4n) is 2.52. The third kappa shape index (κ3) is 2.54. The Hall–Kier alpha value is 1.57. The van der Waals surface area contributed by atoms with Crippen molar-refractivity contribution in [2.24, 2.45) is 0 Å². The average molecular weight is 359 g/mol. The van der Waals surface area contributed by atoms with Gasteiger partial charge in [0.2, 0.25) is 0 Å². The lowest BCUT2D eigenvalue weighted by Gasteiger charge is -2.65. The SMILES string of the molecule is CC12SC3(C)SC(C)(S1)SC(CCC(=O)O)(S2)S3. The Morgan fingerprint density at radius 1 is 0.889 bits per heavy atom. The van der Waals surface area contributed by atoms with E-state index in [1.807, 2.05) is 70.6 Å². The van der Waals surface area contributed by atoms with E-state index in [9.17, 15) is 4.79 Å². The van der Waals surface area contributed by atoms with Crippen LogP contribution < -0.4 is 0 Å². The molecule has 18 heavy (non-hydrogen) atoms. The predicted octanol–water partition coefficient (Wildman–Crippen LogP) is 4.97. The van der Waals surface area contributed by atoms with Gasteiger partial charge in [-0.2, -0.15) is 0 Å². The lowest BCUT2D eigenvalue weighted by Crippen LogP contribution is -2.51. The van der Waals surface area contributed by atoms with Gasteiger partial charge in [0, 0.05) is 6.42 Å². The summed E-state index contributed by atoms with van der Waals surface area (Å²) < 4.78 is 0.537. The van der Waals surface area contributed by atoms with E-state index in [1.54, 1.807) is 0 Å². The monoisotopic (exact) mass is 358 g/mol. The number of thioether (sulfide) groups is 6. The Morgan fingerprint density at radius 3 is 1.61 bits per heavy atom. The van der Waals surface area contributed by atoms with Crippen molar-refractivity contribution in [3.8, 4) is 0 Å². The third-order valence-electron chi connectivity index (χ3n) is 2.78. The molecule has 0 aliphatic carbocycles. The summed E-state index contributed by atoms with van der Waals surface area (Å²) in [5, 5.41) is 8.96. The lowest BCUT2D eigenvalue weighted by molar-refractivity contribution is -0.137. The van der Waals surface area contributed by atoms with Gasteiger partial charge < -0.3 is 5.11 Å². The molecule has 0 atom stereocenters. The highest BCUT2D eigenvalue weighted by Crippen LogP contribution is 2.88. The van der Waals surface area contributed by atoms with E-state index in [4.69, 9.17) is 5.11 Å². The van der Waals surface area contributed by atoms with Crippen molar-refractivity contribution in [3.63, 3.8) is 0 Å². The molecule has 0 radical (unpaired) electrons. The van der Waals surface area contributed by atoms with Crippen LogP contribution in [0.25, 0.3) is 0 Å². The van der Waals surface area contributed by atoms with Gasteiger partial charge in [0.1, 0.15) is 13.6 Å². The van der Waals surface area contributed by atoms with Crippen LogP contribution in [0.3, 0.4) is 0 Å². The highest BCUT2D eigenvalue weighted by atomic mass is 32.4. The van der Waals surface area contributed by atoms with Crippen molar-refractivity contribution >= 4 is 76.5 Å². The molecule has 4 bridgehead atoms. The average Bonchev–Trinajstić information content (AvgIpc) is 2.06. The Kier molecular flexibility index (Phi) is 3.45. The zero-order valence-electron chi connectivity index (χ0n) is 10.2. The summed E-state index contributed by atoms with van der Waals surface area (Å²) in [6.45, 7) is 6.91. The summed E-state index contributed by atoms with van der Waals surface area (Å²) in [5.74, 6) is -0.680. The van der Waals surface area contributed by atoms with E-state index in [2.05, 4.69) is 20.8 Å². The Bertz CT molecular complexity index is 360. The van der Waals surface area contributed by atoms with Crippen molar-refractivity contribution < 1.29 is 9.90 Å². The first-order valence-electron chi connectivity index (χ1n) is 5.58. The molecule has 0 aromatic carbocycles. The van der Waals surface area contributed by atoms with Crippen LogP contribution in [-0.2, 0) is 4.79 Å². The van der Waals surface area contributed by atoms with Crippen LogP contribution >= 0.6 is 70.6 Å². The molecule has 0 amide bonds. The van der Waals surface area contributed by atoms with Crippen molar-refractivity contribution in [3.05, 3.63) is 0 Å². The molecule has 4 fully saturated rings. The molecule has 4 heterocycles. The van der Waals surface area contributed by atoms with E-state index >= 15 is 0 Å². The predicted molar refractivity (Wildman–Crippen MR) is 90.4 cm³/mol. The topological polar surface area (TPSA) is 37.3 Å². The van der Waals surface area contributed by atoms with Crippen LogP contribution in [0, 0.1) is 0 Å². The van der Waals surface area contributed by atoms with Crippen LogP contribution in [-0.4, -0.2) is 24.7 Å². The molecular formula is C10H14O2S6. The highest BCUT2D eigenvalue weighted by molar-refractivity contribution is 8.64. The fraction of sp³-hybridized carbons (Fsp3) is 0.900. The van der Waals surface area contributed by atoms with Crippen molar-refractivity contribution in [1.29, 1.82) is 0 Å². The first kappa shape index (κ1) is 14.5. The van der Waals surface area contributed by atoms with E-state index in [0.29, 0.717) is 0 Å². The summed E-state index contributed by atoms with van der Waals surface area (Å²) >= 11 is 12.0. The van der Waals surface area contributed by atoms with Crippen LogP contribution in [0.15, 0.2) is 0 Å². The summed E-state index contributed by atoms with van der Waals surface area (Å²) in [7, 11) is 0. The van der Waals surface area contributed by atoms with E-state index in [1.165, 1.54) is 0 Å². The Morgan fingerprint density at radius 2 is 1.28 bits per heavy atom. The molecule has 1 N–H and O–H groups in total. The standard InChI is InChI=1S/C10H14O2S6/c1-7-13-8(2)15-9(3,14-7)18-10(16-7,17-8)5-4-6(11)12/h4-5H2,1-3H3,(H,11,12). The molecule has 0 aromatic rings. The number of hydrogen-bond acceptors (Lipinski definition) is 7. The minimum atomic E-state index is -0.680. The molecule has 2 nitrogen and oxygen atoms in total. The molecule has 4 aliphatic rings. The molecule has 0 unspecified atom stereocenters. The molecule has 0 saturated carbocycles. The normalized spacial score (nSPS) is 53.7. The number of hydrogen-bond donors (Lipinski definition) is 1. The maximum absolute atomic E-state index is 10.9. The van der Waals surface area contributed by atoms with Crippen molar-refractivity contribution in [2.45, 2.75) is 47.3 Å². The zero-order chi connectivity index (χ0) is 13.2. The minimum Gasteiger partial charge on any atom is -0.481 e. The number of carboxylic acids is 1. The maximum Gasteiger partial charge on any atom is 0.303 e. The molecule has 102 valence electrons. The van der Waals surface area contributed by atoms with Gasteiger partial charge in [0.25, 0.3) is 0 Å². The summed E-state index contributed by atoms with van der Waals surface area (Å²) in [6, 6.07) is 0. The Balaban J connectivity index is 1.90. The quantitative estimate of drug-likeness (QED) is 0.758. The highest BCUT2D eigenvalue weighted by Gasteiger charge is 2.68. The van der Waals surface area contributed by atoms with Gasteiger partial charge in [0.15, 0.2) is 0 Å². The van der Waals surface area contributed by atoms with E-state index in [0.717, 1.165) is 6.42 Å². The molecule has 0 spiro atoms. The van der Waals surface area contributed by atoms with Gasteiger partial charge in [-0.1, -0.05) is 0 Å². The van der Waals surface area contributed by atoms with E-state index < -0.39 is 5.97 Å². The van der Waals surface area contributed by atoms with Crippen LogP contribution in [0.4, 0.5) is 0 Å². The molecule has 0 aromatic heterocycles. The summed E-state index contributed by atoms with van der Waals surface area (Å²) in [5.41, 5.74) is 0. The van der Waals surface area contributed by atoms with Gasteiger partial charge >= 0.3 is 5.97 Å². The van der Waals surface area contributed by atoms with Gasteiger partial charge in [-0.25, -0.2) is 0 Å². The number of carbonyl (C=O) groups is 1. The van der Waals surface area contributed by atoms with E-state index in [-0.39, 0.29) is 20.1 Å². The van der Waals surface area contributed by atoms with Crippen LogP contribution in [0.2, 0.25) is 0 Å². The number of carboxylic acid groups (broad SMARTS) is 1. The first-order valence-corrected chi connectivity index (χ1v) is 10.5. The van der Waals surface area contributed by atoms with Gasteiger partial charge in [-0.15, -0.1) is 70.6 Å². The molecule has 4 aliphatic heterocycles. The minimum absolute atomic E-state index is 0.0262. The molecule has 4 rings (SSSR count). The van der Waals surface area contributed by atoms with Crippen molar-refractivity contribution in [1.82, 2.24) is 0 Å². The largest absolute Gasteiger partial charge is 0.481 e. The fourth-order valence-corrected chi connectivity index (χ4v) is 24.2. The molecular weight excluding hydrogens is 345 g/mol. The summed E-state index contributed by atoms with van der Waals surface area (Å²) in [4.78, 5) is 10.9. The van der Waals surface area contributed by atoms with Crippen LogP contribution in [0.5, 0.6) is 0 Å². The molecule has 4 saturated heterocycles. The summed E-state index contributed by atoms with van der Waals surface area (Å²) in [6.07, 6.45) is 1.03. The van der Waals surface area contributed by atoms with Gasteiger partial charge in [-0.05, 0) is 27.2 Å². The second kappa shape index (κ2) is 4.29. The maximum atomic E-state index is 10.9. The number of rotatable bonds is 3. The number of aliphatic carboxylic acids is 1. The van der Waals surface area contributed by atoms with Gasteiger partial charge in [0.05, 0.1) is 0 Å². The second-order valence-corrected chi connectivity index (χ2v) is 18.5. The zero-order valence-corrected chi connectivity index (χ0v) is 15.1. The first-order chi connectivity index (χ1) is 8.16. The van der Waals surface area contributed by atoms with Crippen LogP contribution in [0.1, 0.15) is 33.6 Å².